The summed E-state index contributed by atoms with van der Waals surface area (Å²) in [6, 6.07) is 7.24. The molecule has 1 heterocycles. The quantitative estimate of drug-likeness (QED) is 0.811. The Labute approximate surface area is 109 Å². The van der Waals surface area contributed by atoms with E-state index in [1.54, 1.807) is 12.1 Å². The van der Waals surface area contributed by atoms with Crippen molar-refractivity contribution in [1.29, 1.82) is 0 Å². The van der Waals surface area contributed by atoms with Crippen molar-refractivity contribution in [3.8, 4) is 0 Å². The van der Waals surface area contributed by atoms with Gasteiger partial charge in [-0.2, -0.15) is 0 Å². The Kier molecular flexibility index (Phi) is 4.04. The monoisotopic (exact) mass is 268 g/mol. The smallest absolute Gasteiger partial charge is 0.180 e. The Balaban J connectivity index is 2.00. The largest absolute Gasteiger partial charge is 0.309 e. The lowest BCUT2D eigenvalue weighted by molar-refractivity contribution is 0.389. The van der Waals surface area contributed by atoms with E-state index in [1.165, 1.54) is 0 Å². The molecular weight excluding hydrogens is 248 g/mol. The van der Waals surface area contributed by atoms with Crippen LogP contribution in [0.1, 0.15) is 18.0 Å². The van der Waals surface area contributed by atoms with Crippen LogP contribution in [0.2, 0.25) is 0 Å². The van der Waals surface area contributed by atoms with Crippen LogP contribution in [0.5, 0.6) is 0 Å². The fourth-order valence-electron chi connectivity index (χ4n) is 2.29. The molecular formula is C13H20N2O2S. The third kappa shape index (κ3) is 2.91. The van der Waals surface area contributed by atoms with Crippen molar-refractivity contribution in [2.75, 3.05) is 32.9 Å². The SMILES string of the molecule is CN(C)CCCNC1CS(=O)(=O)c2ccccc21. The van der Waals surface area contributed by atoms with Crippen LogP contribution in [0, 0.1) is 0 Å². The zero-order valence-corrected chi connectivity index (χ0v) is 11.7. The van der Waals surface area contributed by atoms with Crippen molar-refractivity contribution in [3.63, 3.8) is 0 Å². The number of rotatable bonds is 5. The molecule has 0 bridgehead atoms. The number of fused-ring (bicyclic) bond motifs is 1. The van der Waals surface area contributed by atoms with Gasteiger partial charge in [0, 0.05) is 6.04 Å². The Hall–Kier alpha value is -0.910. The Morgan fingerprint density at radius 1 is 1.33 bits per heavy atom. The van der Waals surface area contributed by atoms with Gasteiger partial charge < -0.3 is 10.2 Å². The molecule has 0 radical (unpaired) electrons. The molecule has 0 aliphatic carbocycles. The summed E-state index contributed by atoms with van der Waals surface area (Å²) in [6.45, 7) is 1.85. The predicted molar refractivity (Wildman–Crippen MR) is 72.4 cm³/mol. The van der Waals surface area contributed by atoms with Gasteiger partial charge in [-0.05, 0) is 45.2 Å². The van der Waals surface area contributed by atoms with Crippen LogP contribution in [0.25, 0.3) is 0 Å². The molecule has 4 nitrogen and oxygen atoms in total. The van der Waals surface area contributed by atoms with Gasteiger partial charge in [0.25, 0.3) is 0 Å². The Bertz CT molecular complexity index is 511. The van der Waals surface area contributed by atoms with Gasteiger partial charge in [0.1, 0.15) is 0 Å². The predicted octanol–water partition coefficient (Wildman–Crippen LogP) is 1.06. The molecule has 5 heteroatoms. The Morgan fingerprint density at radius 3 is 2.78 bits per heavy atom. The van der Waals surface area contributed by atoms with Crippen molar-refractivity contribution in [1.82, 2.24) is 10.2 Å². The van der Waals surface area contributed by atoms with Crippen LogP contribution in [0.4, 0.5) is 0 Å². The van der Waals surface area contributed by atoms with E-state index in [-0.39, 0.29) is 11.8 Å². The normalized spacial score (nSPS) is 21.2. The summed E-state index contributed by atoms with van der Waals surface area (Å²) in [7, 11) is 0.993. The lowest BCUT2D eigenvalue weighted by Gasteiger charge is -2.14. The van der Waals surface area contributed by atoms with Crippen LogP contribution in [-0.2, 0) is 9.84 Å². The summed E-state index contributed by atoms with van der Waals surface area (Å²) < 4.78 is 23.9. The van der Waals surface area contributed by atoms with Crippen LogP contribution in [0.3, 0.4) is 0 Å². The molecule has 2 rings (SSSR count). The molecule has 1 aliphatic rings. The summed E-state index contributed by atoms with van der Waals surface area (Å²) in [6.07, 6.45) is 1.02. The average Bonchev–Trinajstić information content (AvgIpc) is 2.57. The first-order chi connectivity index (χ1) is 8.50. The van der Waals surface area contributed by atoms with Crippen LogP contribution in [0.15, 0.2) is 29.2 Å². The van der Waals surface area contributed by atoms with Gasteiger partial charge in [-0.25, -0.2) is 8.42 Å². The molecule has 0 aromatic heterocycles. The Morgan fingerprint density at radius 2 is 2.06 bits per heavy atom. The topological polar surface area (TPSA) is 49.4 Å². The number of sulfone groups is 1. The van der Waals surface area contributed by atoms with Gasteiger partial charge in [-0.1, -0.05) is 18.2 Å². The van der Waals surface area contributed by atoms with Crippen molar-refractivity contribution >= 4 is 9.84 Å². The maximum Gasteiger partial charge on any atom is 0.180 e. The number of nitrogens with one attached hydrogen (secondary N) is 1. The number of benzene rings is 1. The zero-order chi connectivity index (χ0) is 13.2. The molecule has 0 saturated heterocycles. The highest BCUT2D eigenvalue weighted by molar-refractivity contribution is 7.91. The minimum Gasteiger partial charge on any atom is -0.309 e. The van der Waals surface area contributed by atoms with Gasteiger partial charge in [0.15, 0.2) is 9.84 Å². The number of hydrogen-bond donors (Lipinski definition) is 1. The molecule has 100 valence electrons. The van der Waals surface area contributed by atoms with E-state index in [0.29, 0.717) is 4.90 Å². The molecule has 0 fully saturated rings. The van der Waals surface area contributed by atoms with Crippen LogP contribution in [-0.4, -0.2) is 46.3 Å². The van der Waals surface area contributed by atoms with Crippen molar-refractivity contribution < 1.29 is 8.42 Å². The highest BCUT2D eigenvalue weighted by atomic mass is 32.2. The van der Waals surface area contributed by atoms with Gasteiger partial charge in [0.2, 0.25) is 0 Å². The summed E-state index contributed by atoms with van der Waals surface area (Å²) in [5.74, 6) is 0.189. The maximum atomic E-state index is 12.0. The van der Waals surface area contributed by atoms with Crippen molar-refractivity contribution in [2.24, 2.45) is 0 Å². The van der Waals surface area contributed by atoms with Gasteiger partial charge in [-0.3, -0.25) is 0 Å². The summed E-state index contributed by atoms with van der Waals surface area (Å²) in [4.78, 5) is 2.62. The molecule has 0 amide bonds. The third-order valence-electron chi connectivity index (χ3n) is 3.19. The van der Waals surface area contributed by atoms with Crippen molar-refractivity contribution in [2.45, 2.75) is 17.4 Å². The van der Waals surface area contributed by atoms with Gasteiger partial charge in [-0.15, -0.1) is 0 Å². The summed E-state index contributed by atoms with van der Waals surface area (Å²) in [5.41, 5.74) is 0.919. The highest BCUT2D eigenvalue weighted by Gasteiger charge is 2.33. The fourth-order valence-corrected chi connectivity index (χ4v) is 4.06. The molecule has 1 aromatic carbocycles. The fraction of sp³-hybridized carbons (Fsp3) is 0.538. The maximum absolute atomic E-state index is 12.0. The lowest BCUT2D eigenvalue weighted by atomic mass is 10.1. The van der Waals surface area contributed by atoms with Gasteiger partial charge >= 0.3 is 0 Å². The number of hydrogen-bond acceptors (Lipinski definition) is 4. The first kappa shape index (κ1) is 13.5. The lowest BCUT2D eigenvalue weighted by Crippen LogP contribution is -2.26. The second-order valence-corrected chi connectivity index (χ2v) is 6.99. The van der Waals surface area contributed by atoms with Crippen LogP contribution >= 0.6 is 0 Å². The summed E-state index contributed by atoms with van der Waals surface area (Å²) >= 11 is 0. The van der Waals surface area contributed by atoms with Gasteiger partial charge in [0.05, 0.1) is 10.6 Å². The highest BCUT2D eigenvalue weighted by Crippen LogP contribution is 2.32. The van der Waals surface area contributed by atoms with E-state index >= 15 is 0 Å². The molecule has 1 aliphatic heterocycles. The van der Waals surface area contributed by atoms with E-state index in [4.69, 9.17) is 0 Å². The molecule has 18 heavy (non-hydrogen) atoms. The molecule has 0 saturated carbocycles. The second-order valence-electron chi connectivity index (χ2n) is 4.98. The molecule has 0 spiro atoms. The minimum absolute atomic E-state index is 0.0478. The first-order valence-corrected chi connectivity index (χ1v) is 7.86. The zero-order valence-electron chi connectivity index (χ0n) is 10.9. The van der Waals surface area contributed by atoms with E-state index < -0.39 is 9.84 Å². The molecule has 1 aromatic rings. The van der Waals surface area contributed by atoms with Crippen LogP contribution < -0.4 is 5.32 Å². The minimum atomic E-state index is -3.08. The molecule has 1 N–H and O–H groups in total. The molecule has 1 atom stereocenters. The average molecular weight is 268 g/mol. The van der Waals surface area contributed by atoms with E-state index in [2.05, 4.69) is 10.2 Å². The first-order valence-electron chi connectivity index (χ1n) is 6.20. The molecule has 1 unspecified atom stereocenters. The van der Waals surface area contributed by atoms with E-state index in [9.17, 15) is 8.42 Å². The standard InChI is InChI=1S/C13H20N2O2S/c1-15(2)9-5-8-14-12-10-18(16,17)13-7-4-3-6-11(12)13/h3-4,6-7,12,14H,5,8-10H2,1-2H3. The van der Waals surface area contributed by atoms with E-state index in [1.807, 2.05) is 26.2 Å². The second kappa shape index (κ2) is 5.38. The number of nitrogens with zero attached hydrogens (tertiary/aromatic N) is 1. The summed E-state index contributed by atoms with van der Waals surface area (Å²) in [5, 5.41) is 3.34. The van der Waals surface area contributed by atoms with Crippen molar-refractivity contribution in [3.05, 3.63) is 29.8 Å². The van der Waals surface area contributed by atoms with E-state index in [0.717, 1.165) is 25.1 Å². The third-order valence-corrected chi connectivity index (χ3v) is 5.00.